The summed E-state index contributed by atoms with van der Waals surface area (Å²) >= 11 is 0. The highest BCUT2D eigenvalue weighted by Crippen LogP contribution is 2.36. The smallest absolute Gasteiger partial charge is 0.206 e. The van der Waals surface area contributed by atoms with E-state index in [4.69, 9.17) is 18.9 Å². The standard InChI is InChI=1S/C10H14O4/c1-11-7-14-10-8(12-2)5-4-6-9(10)13-3/h4-6H,7H2,1-3H3. The topological polar surface area (TPSA) is 36.9 Å². The monoisotopic (exact) mass is 198 g/mol. The number of para-hydroxylation sites is 1. The zero-order chi connectivity index (χ0) is 10.4. The molecule has 4 nitrogen and oxygen atoms in total. The van der Waals surface area contributed by atoms with Gasteiger partial charge in [0.15, 0.2) is 18.3 Å². The minimum absolute atomic E-state index is 0.163. The molecule has 0 heterocycles. The average molecular weight is 198 g/mol. The van der Waals surface area contributed by atoms with Crippen LogP contribution in [0.2, 0.25) is 0 Å². The summed E-state index contributed by atoms with van der Waals surface area (Å²) in [6, 6.07) is 5.43. The molecule has 0 fully saturated rings. The largest absolute Gasteiger partial charge is 0.493 e. The fourth-order valence-electron chi connectivity index (χ4n) is 1.08. The fourth-order valence-corrected chi connectivity index (χ4v) is 1.08. The molecule has 1 rings (SSSR count). The zero-order valence-electron chi connectivity index (χ0n) is 8.57. The van der Waals surface area contributed by atoms with Crippen LogP contribution in [0.1, 0.15) is 0 Å². The van der Waals surface area contributed by atoms with Crippen LogP contribution in [0.25, 0.3) is 0 Å². The molecule has 0 N–H and O–H groups in total. The molecule has 1 aromatic rings. The van der Waals surface area contributed by atoms with Gasteiger partial charge in [0.25, 0.3) is 0 Å². The average Bonchev–Trinajstić information content (AvgIpc) is 2.25. The van der Waals surface area contributed by atoms with Crippen molar-refractivity contribution in [1.82, 2.24) is 0 Å². The second-order valence-corrected chi connectivity index (χ2v) is 2.54. The van der Waals surface area contributed by atoms with Gasteiger partial charge in [-0.2, -0.15) is 0 Å². The molecule has 1 aromatic carbocycles. The highest BCUT2D eigenvalue weighted by atomic mass is 16.7. The first kappa shape index (κ1) is 10.7. The third-order valence-electron chi connectivity index (χ3n) is 1.70. The van der Waals surface area contributed by atoms with E-state index in [0.717, 1.165) is 0 Å². The van der Waals surface area contributed by atoms with Crippen molar-refractivity contribution in [2.24, 2.45) is 0 Å². The van der Waals surface area contributed by atoms with E-state index in [9.17, 15) is 0 Å². The van der Waals surface area contributed by atoms with Crippen LogP contribution >= 0.6 is 0 Å². The van der Waals surface area contributed by atoms with Crippen molar-refractivity contribution in [1.29, 1.82) is 0 Å². The van der Waals surface area contributed by atoms with E-state index in [1.165, 1.54) is 0 Å². The maximum atomic E-state index is 5.33. The van der Waals surface area contributed by atoms with E-state index in [0.29, 0.717) is 17.2 Å². The number of hydrogen-bond donors (Lipinski definition) is 0. The maximum absolute atomic E-state index is 5.33. The van der Waals surface area contributed by atoms with E-state index >= 15 is 0 Å². The number of benzene rings is 1. The first-order valence-electron chi connectivity index (χ1n) is 4.16. The maximum Gasteiger partial charge on any atom is 0.206 e. The number of hydrogen-bond acceptors (Lipinski definition) is 4. The summed E-state index contributed by atoms with van der Waals surface area (Å²) in [6.07, 6.45) is 0. The zero-order valence-corrected chi connectivity index (χ0v) is 8.57. The molecule has 0 aromatic heterocycles. The van der Waals surface area contributed by atoms with E-state index in [1.807, 2.05) is 6.07 Å². The summed E-state index contributed by atoms with van der Waals surface area (Å²) in [5, 5.41) is 0. The molecule has 0 saturated heterocycles. The van der Waals surface area contributed by atoms with Gasteiger partial charge in [-0.05, 0) is 12.1 Å². The molecule has 0 saturated carbocycles. The Hall–Kier alpha value is -1.42. The lowest BCUT2D eigenvalue weighted by Gasteiger charge is -2.12. The summed E-state index contributed by atoms with van der Waals surface area (Å²) in [5.41, 5.74) is 0. The lowest BCUT2D eigenvalue weighted by atomic mass is 10.3. The van der Waals surface area contributed by atoms with E-state index in [-0.39, 0.29) is 6.79 Å². The highest BCUT2D eigenvalue weighted by Gasteiger charge is 2.10. The van der Waals surface area contributed by atoms with Gasteiger partial charge in [0.05, 0.1) is 14.2 Å². The van der Waals surface area contributed by atoms with Crippen molar-refractivity contribution >= 4 is 0 Å². The van der Waals surface area contributed by atoms with E-state index in [2.05, 4.69) is 0 Å². The van der Waals surface area contributed by atoms with E-state index in [1.54, 1.807) is 33.5 Å². The van der Waals surface area contributed by atoms with Crippen LogP contribution in [0, 0.1) is 0 Å². The van der Waals surface area contributed by atoms with Gasteiger partial charge in [0.2, 0.25) is 5.75 Å². The second kappa shape index (κ2) is 5.34. The minimum Gasteiger partial charge on any atom is -0.493 e. The second-order valence-electron chi connectivity index (χ2n) is 2.54. The predicted molar refractivity (Wildman–Crippen MR) is 52.1 cm³/mol. The molecule has 0 radical (unpaired) electrons. The summed E-state index contributed by atoms with van der Waals surface area (Å²) in [7, 11) is 4.71. The summed E-state index contributed by atoms with van der Waals surface area (Å²) in [4.78, 5) is 0. The van der Waals surface area contributed by atoms with E-state index < -0.39 is 0 Å². The normalized spacial score (nSPS) is 9.64. The van der Waals surface area contributed by atoms with Gasteiger partial charge in [-0.15, -0.1) is 0 Å². The van der Waals surface area contributed by atoms with Crippen LogP contribution in [0.3, 0.4) is 0 Å². The molecule has 0 spiro atoms. The van der Waals surface area contributed by atoms with Crippen LogP contribution < -0.4 is 14.2 Å². The van der Waals surface area contributed by atoms with Crippen LogP contribution in [0.4, 0.5) is 0 Å². The van der Waals surface area contributed by atoms with Crippen LogP contribution in [0.15, 0.2) is 18.2 Å². The summed E-state index contributed by atoms with van der Waals surface area (Å²) in [6.45, 7) is 0.163. The van der Waals surface area contributed by atoms with Crippen LogP contribution in [-0.4, -0.2) is 28.1 Å². The molecule has 0 aliphatic heterocycles. The quantitative estimate of drug-likeness (QED) is 0.674. The van der Waals surface area contributed by atoms with Crippen molar-refractivity contribution in [2.45, 2.75) is 0 Å². The Labute approximate surface area is 83.3 Å². The van der Waals surface area contributed by atoms with Crippen molar-refractivity contribution in [2.75, 3.05) is 28.1 Å². The molecule has 0 aliphatic carbocycles. The van der Waals surface area contributed by atoms with Gasteiger partial charge in [-0.25, -0.2) is 0 Å². The molecule has 78 valence electrons. The molecule has 0 atom stereocenters. The van der Waals surface area contributed by atoms with Crippen LogP contribution in [0.5, 0.6) is 17.2 Å². The van der Waals surface area contributed by atoms with Crippen molar-refractivity contribution in [3.63, 3.8) is 0 Å². The van der Waals surface area contributed by atoms with Gasteiger partial charge < -0.3 is 18.9 Å². The SMILES string of the molecule is COCOc1c(OC)cccc1OC. The predicted octanol–water partition coefficient (Wildman–Crippen LogP) is 1.69. The van der Waals surface area contributed by atoms with Gasteiger partial charge >= 0.3 is 0 Å². The van der Waals surface area contributed by atoms with Gasteiger partial charge in [-0.1, -0.05) is 6.07 Å². The Bertz CT molecular complexity index is 263. The Kier molecular flexibility index (Phi) is 4.07. The number of ether oxygens (including phenoxy) is 4. The molecule has 4 heteroatoms. The molecule has 0 unspecified atom stereocenters. The molecular weight excluding hydrogens is 184 g/mol. The Morgan fingerprint density at radius 1 is 1.00 bits per heavy atom. The number of rotatable bonds is 5. The lowest BCUT2D eigenvalue weighted by molar-refractivity contribution is 0.0471. The first-order valence-corrected chi connectivity index (χ1v) is 4.16. The molecule has 0 aliphatic rings. The molecule has 0 bridgehead atoms. The third kappa shape index (κ3) is 2.29. The van der Waals surface area contributed by atoms with Gasteiger partial charge in [-0.3, -0.25) is 0 Å². The van der Waals surface area contributed by atoms with Crippen molar-refractivity contribution in [3.8, 4) is 17.2 Å². The fraction of sp³-hybridized carbons (Fsp3) is 0.400. The third-order valence-corrected chi connectivity index (χ3v) is 1.70. The molecule has 0 amide bonds. The number of methoxy groups -OCH3 is 3. The van der Waals surface area contributed by atoms with Crippen molar-refractivity contribution in [3.05, 3.63) is 18.2 Å². The van der Waals surface area contributed by atoms with Crippen molar-refractivity contribution < 1.29 is 18.9 Å². The first-order chi connectivity index (χ1) is 6.83. The van der Waals surface area contributed by atoms with Crippen LogP contribution in [-0.2, 0) is 4.74 Å². The molecular formula is C10H14O4. The van der Waals surface area contributed by atoms with Gasteiger partial charge in [0, 0.05) is 7.11 Å². The minimum atomic E-state index is 0.163. The Morgan fingerprint density at radius 3 is 2.00 bits per heavy atom. The molecule has 14 heavy (non-hydrogen) atoms. The summed E-state index contributed by atoms with van der Waals surface area (Å²) < 4.78 is 20.4. The summed E-state index contributed by atoms with van der Waals surface area (Å²) in [5.74, 6) is 1.81. The van der Waals surface area contributed by atoms with Gasteiger partial charge in [0.1, 0.15) is 0 Å². The Balaban J connectivity index is 2.93. The Morgan fingerprint density at radius 2 is 1.57 bits per heavy atom. The highest BCUT2D eigenvalue weighted by molar-refractivity contribution is 5.50. The lowest BCUT2D eigenvalue weighted by Crippen LogP contribution is -2.02.